The van der Waals surface area contributed by atoms with Crippen molar-refractivity contribution in [1.29, 1.82) is 0 Å². The molecule has 5 rings (SSSR count). The maximum atomic E-state index is 13.7. The highest BCUT2D eigenvalue weighted by molar-refractivity contribution is 9.10. The highest BCUT2D eigenvalue weighted by Gasteiger charge is 2.32. The van der Waals surface area contributed by atoms with Gasteiger partial charge in [-0.3, -0.25) is 4.79 Å². The third-order valence-corrected chi connectivity index (χ3v) is 5.94. The van der Waals surface area contributed by atoms with Crippen molar-refractivity contribution in [2.45, 2.75) is 38.1 Å². The zero-order valence-electron chi connectivity index (χ0n) is 14.8. The SMILES string of the molecule is C[C@@H]1c2cc(F)ccc2CCN1C(=O)c1cc(C2CC2)n2nc(Br)cc2n1. The molecule has 0 bridgehead atoms. The van der Waals surface area contributed by atoms with E-state index in [1.54, 1.807) is 11.0 Å². The minimum Gasteiger partial charge on any atom is -0.330 e. The van der Waals surface area contributed by atoms with Crippen molar-refractivity contribution in [3.05, 3.63) is 63.3 Å². The zero-order chi connectivity index (χ0) is 18.7. The second kappa shape index (κ2) is 6.12. The first kappa shape index (κ1) is 16.9. The minimum absolute atomic E-state index is 0.112. The molecule has 1 aliphatic carbocycles. The molecule has 1 saturated carbocycles. The number of carbonyl (C=O) groups is 1. The van der Waals surface area contributed by atoms with Gasteiger partial charge in [0.2, 0.25) is 0 Å². The third kappa shape index (κ3) is 2.84. The Hall–Kier alpha value is -2.28. The van der Waals surface area contributed by atoms with E-state index in [9.17, 15) is 9.18 Å². The fraction of sp³-hybridized carbons (Fsp3) is 0.350. The Kier molecular flexibility index (Phi) is 3.82. The number of halogens is 2. The molecule has 2 aliphatic rings. The first-order valence-corrected chi connectivity index (χ1v) is 9.96. The van der Waals surface area contributed by atoms with Crippen LogP contribution in [0, 0.1) is 5.82 Å². The number of nitrogens with zero attached hydrogens (tertiary/aromatic N) is 4. The summed E-state index contributed by atoms with van der Waals surface area (Å²) >= 11 is 3.40. The van der Waals surface area contributed by atoms with Crippen molar-refractivity contribution in [2.75, 3.05) is 6.54 Å². The average molecular weight is 429 g/mol. The van der Waals surface area contributed by atoms with Crippen molar-refractivity contribution in [3.8, 4) is 0 Å². The van der Waals surface area contributed by atoms with Gasteiger partial charge in [0.05, 0.1) is 6.04 Å². The normalized spacial score (nSPS) is 19.4. The molecule has 0 spiro atoms. The molecule has 1 aliphatic heterocycles. The van der Waals surface area contributed by atoms with Gasteiger partial charge < -0.3 is 4.90 Å². The van der Waals surface area contributed by atoms with E-state index in [4.69, 9.17) is 0 Å². The van der Waals surface area contributed by atoms with Crippen molar-refractivity contribution in [2.24, 2.45) is 0 Å². The number of hydrogen-bond donors (Lipinski definition) is 0. The van der Waals surface area contributed by atoms with Gasteiger partial charge in [-0.2, -0.15) is 5.10 Å². The summed E-state index contributed by atoms with van der Waals surface area (Å²) in [6.07, 6.45) is 2.94. The number of rotatable bonds is 2. The molecule has 138 valence electrons. The summed E-state index contributed by atoms with van der Waals surface area (Å²) in [5, 5.41) is 4.45. The second-order valence-corrected chi connectivity index (χ2v) is 8.16. The largest absolute Gasteiger partial charge is 0.330 e. The van der Waals surface area contributed by atoms with E-state index in [0.29, 0.717) is 28.4 Å². The molecule has 7 heteroatoms. The third-order valence-electron chi connectivity index (χ3n) is 5.55. The molecule has 3 aromatic rings. The van der Waals surface area contributed by atoms with Crippen LogP contribution in [0.25, 0.3) is 5.65 Å². The standard InChI is InChI=1S/C20H18BrFN4O/c1-11-15-8-14(22)5-4-12(15)6-7-25(11)20(27)16-9-17(13-2-3-13)26-19(23-16)10-18(21)24-26/h4-5,8-11,13H,2-3,6-7H2,1H3/t11-/m1/s1. The number of amides is 1. The molecule has 2 aromatic heterocycles. The summed E-state index contributed by atoms with van der Waals surface area (Å²) < 4.78 is 16.2. The lowest BCUT2D eigenvalue weighted by Crippen LogP contribution is -2.39. The molecule has 1 amide bonds. The number of carbonyl (C=O) groups excluding carboxylic acids is 1. The van der Waals surface area contributed by atoms with Gasteiger partial charge in [-0.15, -0.1) is 0 Å². The summed E-state index contributed by atoms with van der Waals surface area (Å²) in [6, 6.07) is 8.36. The van der Waals surface area contributed by atoms with E-state index in [0.717, 1.165) is 36.1 Å². The van der Waals surface area contributed by atoms with E-state index in [2.05, 4.69) is 26.0 Å². The van der Waals surface area contributed by atoms with Gasteiger partial charge in [0.15, 0.2) is 5.65 Å². The summed E-state index contributed by atoms with van der Waals surface area (Å²) in [6.45, 7) is 2.55. The van der Waals surface area contributed by atoms with Crippen LogP contribution in [0.5, 0.6) is 0 Å². The fourth-order valence-electron chi connectivity index (χ4n) is 3.96. The molecule has 1 aromatic carbocycles. The lowest BCUT2D eigenvalue weighted by molar-refractivity contribution is 0.0671. The predicted molar refractivity (Wildman–Crippen MR) is 102 cm³/mol. The van der Waals surface area contributed by atoms with Crippen LogP contribution in [0.1, 0.15) is 59.0 Å². The van der Waals surface area contributed by atoms with E-state index in [1.165, 1.54) is 6.07 Å². The molecular formula is C20H18BrFN4O. The van der Waals surface area contributed by atoms with Gasteiger partial charge in [0.1, 0.15) is 16.1 Å². The van der Waals surface area contributed by atoms with E-state index in [1.807, 2.05) is 29.6 Å². The molecule has 1 atom stereocenters. The summed E-state index contributed by atoms with van der Waals surface area (Å²) in [5.41, 5.74) is 4.12. The number of aromatic nitrogens is 3. The Morgan fingerprint density at radius 3 is 2.85 bits per heavy atom. The van der Waals surface area contributed by atoms with Gasteiger partial charge >= 0.3 is 0 Å². The predicted octanol–water partition coefficient (Wildman–Crippen LogP) is 4.27. The van der Waals surface area contributed by atoms with Gasteiger partial charge in [0.25, 0.3) is 5.91 Å². The lowest BCUT2D eigenvalue weighted by atomic mass is 9.93. The van der Waals surface area contributed by atoms with Crippen LogP contribution >= 0.6 is 15.9 Å². The highest BCUT2D eigenvalue weighted by atomic mass is 79.9. The summed E-state index contributed by atoms with van der Waals surface area (Å²) in [4.78, 5) is 19.6. The molecule has 1 fully saturated rings. The highest BCUT2D eigenvalue weighted by Crippen LogP contribution is 2.40. The Morgan fingerprint density at radius 1 is 1.26 bits per heavy atom. The van der Waals surface area contributed by atoms with Gasteiger partial charge in [0, 0.05) is 24.2 Å². The van der Waals surface area contributed by atoms with Crippen LogP contribution in [0.3, 0.4) is 0 Å². The van der Waals surface area contributed by atoms with Gasteiger partial charge in [-0.1, -0.05) is 6.07 Å². The monoisotopic (exact) mass is 428 g/mol. The quantitative estimate of drug-likeness (QED) is 0.612. The maximum absolute atomic E-state index is 13.7. The first-order chi connectivity index (χ1) is 13.0. The fourth-order valence-corrected chi connectivity index (χ4v) is 4.32. The Bertz CT molecular complexity index is 1080. The van der Waals surface area contributed by atoms with E-state index >= 15 is 0 Å². The Labute approximate surface area is 164 Å². The zero-order valence-corrected chi connectivity index (χ0v) is 16.4. The van der Waals surface area contributed by atoms with E-state index in [-0.39, 0.29) is 17.8 Å². The lowest BCUT2D eigenvalue weighted by Gasteiger charge is -2.35. The Morgan fingerprint density at radius 2 is 2.07 bits per heavy atom. The first-order valence-electron chi connectivity index (χ1n) is 9.17. The number of hydrogen-bond acceptors (Lipinski definition) is 3. The topological polar surface area (TPSA) is 50.5 Å². The van der Waals surface area contributed by atoms with Crippen LogP contribution in [0.2, 0.25) is 0 Å². The molecule has 0 saturated heterocycles. The molecule has 27 heavy (non-hydrogen) atoms. The van der Waals surface area contributed by atoms with Gasteiger partial charge in [-0.05, 0) is 71.4 Å². The van der Waals surface area contributed by atoms with Crippen LogP contribution in [0.15, 0.2) is 34.9 Å². The molecule has 0 N–H and O–H groups in total. The summed E-state index contributed by atoms with van der Waals surface area (Å²) in [5.74, 6) is 0.0520. The van der Waals surface area contributed by atoms with Crippen LogP contribution in [0.4, 0.5) is 4.39 Å². The van der Waals surface area contributed by atoms with Crippen molar-refractivity contribution < 1.29 is 9.18 Å². The smallest absolute Gasteiger partial charge is 0.273 e. The molecule has 5 nitrogen and oxygen atoms in total. The van der Waals surface area contributed by atoms with Gasteiger partial charge in [-0.25, -0.2) is 13.9 Å². The van der Waals surface area contributed by atoms with Crippen LogP contribution in [-0.2, 0) is 6.42 Å². The van der Waals surface area contributed by atoms with Crippen molar-refractivity contribution in [3.63, 3.8) is 0 Å². The molecular weight excluding hydrogens is 411 g/mol. The molecule has 3 heterocycles. The minimum atomic E-state index is -0.269. The van der Waals surface area contributed by atoms with Crippen molar-refractivity contribution in [1.82, 2.24) is 19.5 Å². The van der Waals surface area contributed by atoms with Crippen LogP contribution < -0.4 is 0 Å². The van der Waals surface area contributed by atoms with E-state index < -0.39 is 0 Å². The average Bonchev–Trinajstić information content (AvgIpc) is 3.42. The number of fused-ring (bicyclic) bond motifs is 2. The molecule has 0 radical (unpaired) electrons. The second-order valence-electron chi connectivity index (χ2n) is 7.35. The number of benzene rings is 1. The molecule has 0 unspecified atom stereocenters. The Balaban J connectivity index is 1.54. The van der Waals surface area contributed by atoms with Crippen molar-refractivity contribution >= 4 is 27.5 Å². The maximum Gasteiger partial charge on any atom is 0.273 e. The summed E-state index contributed by atoms with van der Waals surface area (Å²) in [7, 11) is 0. The van der Waals surface area contributed by atoms with Crippen LogP contribution in [-0.4, -0.2) is 31.9 Å².